The van der Waals surface area contributed by atoms with E-state index >= 15 is 0 Å². The number of nitrogens with zero attached hydrogens (tertiary/aromatic N) is 1. The lowest BCUT2D eigenvalue weighted by atomic mass is 9.99. The third kappa shape index (κ3) is 4.25. The van der Waals surface area contributed by atoms with Gasteiger partial charge in [-0.25, -0.2) is 14.6 Å². The Bertz CT molecular complexity index is 433. The third-order valence-corrected chi connectivity index (χ3v) is 3.33. The SMILES string of the molecule is CCC(NC(=O)N[C@H](C(=O)O)C(C)CC)c1ncc[nH]1. The zero-order valence-corrected chi connectivity index (χ0v) is 12.0. The lowest BCUT2D eigenvalue weighted by molar-refractivity contribution is -0.140. The molecule has 0 bridgehead atoms. The zero-order chi connectivity index (χ0) is 15.1. The summed E-state index contributed by atoms with van der Waals surface area (Å²) < 4.78 is 0. The Morgan fingerprint density at radius 1 is 1.35 bits per heavy atom. The van der Waals surface area contributed by atoms with Crippen molar-refractivity contribution < 1.29 is 14.7 Å². The Kier molecular flexibility index (Phi) is 6.02. The lowest BCUT2D eigenvalue weighted by Gasteiger charge is -2.22. The summed E-state index contributed by atoms with van der Waals surface area (Å²) in [4.78, 5) is 30.1. The minimum atomic E-state index is -1.03. The normalized spacial score (nSPS) is 15.2. The summed E-state index contributed by atoms with van der Waals surface area (Å²) in [5, 5.41) is 14.4. The second-order valence-corrected chi connectivity index (χ2v) is 4.75. The van der Waals surface area contributed by atoms with Crippen molar-refractivity contribution in [2.75, 3.05) is 0 Å². The summed E-state index contributed by atoms with van der Waals surface area (Å²) in [5.74, 6) is -0.513. The Morgan fingerprint density at radius 3 is 2.50 bits per heavy atom. The van der Waals surface area contributed by atoms with E-state index < -0.39 is 18.0 Å². The zero-order valence-electron chi connectivity index (χ0n) is 12.0. The Balaban J connectivity index is 2.63. The molecule has 7 heteroatoms. The van der Waals surface area contributed by atoms with Crippen LogP contribution < -0.4 is 10.6 Å². The molecule has 0 aliphatic rings. The second-order valence-electron chi connectivity index (χ2n) is 4.75. The number of hydrogen-bond donors (Lipinski definition) is 4. The molecule has 0 radical (unpaired) electrons. The van der Waals surface area contributed by atoms with E-state index in [2.05, 4.69) is 20.6 Å². The fraction of sp³-hybridized carbons (Fsp3) is 0.615. The number of imidazole rings is 1. The molecule has 1 aromatic heterocycles. The average Bonchev–Trinajstić information content (AvgIpc) is 2.94. The van der Waals surface area contributed by atoms with Crippen LogP contribution in [0.25, 0.3) is 0 Å². The van der Waals surface area contributed by atoms with Gasteiger partial charge in [-0.3, -0.25) is 0 Å². The number of carboxylic acid groups (broad SMARTS) is 1. The predicted molar refractivity (Wildman–Crippen MR) is 74.2 cm³/mol. The van der Waals surface area contributed by atoms with Gasteiger partial charge in [-0.2, -0.15) is 0 Å². The molecule has 2 unspecified atom stereocenters. The van der Waals surface area contributed by atoms with Gasteiger partial charge in [-0.15, -0.1) is 0 Å². The van der Waals surface area contributed by atoms with Gasteiger partial charge >= 0.3 is 12.0 Å². The number of carbonyl (C=O) groups is 2. The fourth-order valence-electron chi connectivity index (χ4n) is 1.86. The maximum Gasteiger partial charge on any atom is 0.326 e. The lowest BCUT2D eigenvalue weighted by Crippen LogP contribution is -2.49. The summed E-state index contributed by atoms with van der Waals surface area (Å²) in [6.45, 7) is 5.59. The minimum Gasteiger partial charge on any atom is -0.480 e. The molecule has 0 aliphatic heterocycles. The van der Waals surface area contributed by atoms with E-state index in [9.17, 15) is 9.59 Å². The number of nitrogens with one attached hydrogen (secondary N) is 3. The molecule has 1 heterocycles. The number of amides is 2. The van der Waals surface area contributed by atoms with Crippen molar-refractivity contribution in [3.05, 3.63) is 18.2 Å². The fourth-order valence-corrected chi connectivity index (χ4v) is 1.86. The first-order valence-electron chi connectivity index (χ1n) is 6.78. The van der Waals surface area contributed by atoms with Gasteiger partial charge in [-0.05, 0) is 12.3 Å². The number of aliphatic carboxylic acids is 1. The summed E-state index contributed by atoms with van der Waals surface area (Å²) >= 11 is 0. The van der Waals surface area contributed by atoms with Crippen molar-refractivity contribution in [3.63, 3.8) is 0 Å². The first kappa shape index (κ1) is 16.0. The molecule has 112 valence electrons. The van der Waals surface area contributed by atoms with Crippen molar-refractivity contribution in [2.45, 2.75) is 45.7 Å². The monoisotopic (exact) mass is 282 g/mol. The van der Waals surface area contributed by atoms with Crippen LogP contribution in [0, 0.1) is 5.92 Å². The van der Waals surface area contributed by atoms with Gasteiger partial charge in [0.05, 0.1) is 6.04 Å². The number of rotatable bonds is 7. The summed E-state index contributed by atoms with van der Waals surface area (Å²) in [5.41, 5.74) is 0. The smallest absolute Gasteiger partial charge is 0.326 e. The van der Waals surface area contributed by atoms with Crippen LogP contribution >= 0.6 is 0 Å². The number of urea groups is 1. The van der Waals surface area contributed by atoms with Crippen LogP contribution in [0.3, 0.4) is 0 Å². The number of aromatic nitrogens is 2. The molecule has 1 rings (SSSR count). The van der Waals surface area contributed by atoms with Crippen molar-refractivity contribution in [2.24, 2.45) is 5.92 Å². The van der Waals surface area contributed by atoms with Crippen LogP contribution in [0.4, 0.5) is 4.79 Å². The maximum atomic E-state index is 11.9. The first-order chi connectivity index (χ1) is 9.49. The van der Waals surface area contributed by atoms with Crippen LogP contribution in [-0.2, 0) is 4.79 Å². The van der Waals surface area contributed by atoms with E-state index in [-0.39, 0.29) is 12.0 Å². The number of carboxylic acids is 1. The van der Waals surface area contributed by atoms with Crippen LogP contribution in [0.1, 0.15) is 45.5 Å². The molecule has 3 atom stereocenters. The van der Waals surface area contributed by atoms with Gasteiger partial charge in [-0.1, -0.05) is 27.2 Å². The largest absolute Gasteiger partial charge is 0.480 e. The summed E-state index contributed by atoms with van der Waals surface area (Å²) in [6.07, 6.45) is 4.61. The van der Waals surface area contributed by atoms with Gasteiger partial charge in [0, 0.05) is 12.4 Å². The van der Waals surface area contributed by atoms with E-state index in [0.717, 1.165) is 0 Å². The standard InChI is InChI=1S/C13H22N4O3/c1-4-8(3)10(12(18)19)17-13(20)16-9(5-2)11-14-6-7-15-11/h6-10H,4-5H2,1-3H3,(H,14,15)(H,18,19)(H2,16,17,20)/t8?,9?,10-/m0/s1. The molecule has 0 saturated heterocycles. The molecular formula is C13H22N4O3. The van der Waals surface area contributed by atoms with Crippen LogP contribution in [0.15, 0.2) is 12.4 Å². The highest BCUT2D eigenvalue weighted by molar-refractivity contribution is 5.82. The topological polar surface area (TPSA) is 107 Å². The Labute approximate surface area is 118 Å². The number of H-pyrrole nitrogens is 1. The van der Waals surface area contributed by atoms with E-state index in [0.29, 0.717) is 18.7 Å². The number of aromatic amines is 1. The van der Waals surface area contributed by atoms with Crippen molar-refractivity contribution in [3.8, 4) is 0 Å². The highest BCUT2D eigenvalue weighted by Crippen LogP contribution is 2.12. The molecular weight excluding hydrogens is 260 g/mol. The van der Waals surface area contributed by atoms with Gasteiger partial charge < -0.3 is 20.7 Å². The van der Waals surface area contributed by atoms with Crippen molar-refractivity contribution in [1.29, 1.82) is 0 Å². The quantitative estimate of drug-likeness (QED) is 0.610. The molecule has 0 fully saturated rings. The van der Waals surface area contributed by atoms with Gasteiger partial charge in [0.25, 0.3) is 0 Å². The third-order valence-electron chi connectivity index (χ3n) is 3.33. The average molecular weight is 282 g/mol. The van der Waals surface area contributed by atoms with E-state index in [1.807, 2.05) is 13.8 Å². The molecule has 0 spiro atoms. The van der Waals surface area contributed by atoms with Crippen LogP contribution in [0.2, 0.25) is 0 Å². The predicted octanol–water partition coefficient (Wildman–Crippen LogP) is 1.66. The minimum absolute atomic E-state index is 0.137. The Hall–Kier alpha value is -2.05. The maximum absolute atomic E-state index is 11.9. The molecule has 0 aromatic carbocycles. The highest BCUT2D eigenvalue weighted by atomic mass is 16.4. The molecule has 0 saturated carbocycles. The highest BCUT2D eigenvalue weighted by Gasteiger charge is 2.26. The molecule has 7 nitrogen and oxygen atoms in total. The van der Waals surface area contributed by atoms with Crippen molar-refractivity contribution in [1.82, 2.24) is 20.6 Å². The molecule has 20 heavy (non-hydrogen) atoms. The Morgan fingerprint density at radius 2 is 2.05 bits per heavy atom. The van der Waals surface area contributed by atoms with Crippen LogP contribution in [-0.4, -0.2) is 33.1 Å². The van der Waals surface area contributed by atoms with Gasteiger partial charge in [0.2, 0.25) is 0 Å². The van der Waals surface area contributed by atoms with E-state index in [4.69, 9.17) is 5.11 Å². The van der Waals surface area contributed by atoms with Gasteiger partial charge in [0.15, 0.2) is 0 Å². The molecule has 1 aromatic rings. The molecule has 2 amide bonds. The van der Waals surface area contributed by atoms with E-state index in [1.165, 1.54) is 0 Å². The van der Waals surface area contributed by atoms with Gasteiger partial charge in [0.1, 0.15) is 11.9 Å². The number of carbonyl (C=O) groups excluding carboxylic acids is 1. The summed E-state index contributed by atoms with van der Waals surface area (Å²) in [7, 11) is 0. The summed E-state index contributed by atoms with van der Waals surface area (Å²) in [6, 6.07) is -1.66. The second kappa shape index (κ2) is 7.52. The van der Waals surface area contributed by atoms with Crippen molar-refractivity contribution >= 4 is 12.0 Å². The number of hydrogen-bond acceptors (Lipinski definition) is 3. The van der Waals surface area contributed by atoms with E-state index in [1.54, 1.807) is 19.3 Å². The first-order valence-corrected chi connectivity index (χ1v) is 6.78. The van der Waals surface area contributed by atoms with Crippen LogP contribution in [0.5, 0.6) is 0 Å². The molecule has 0 aliphatic carbocycles. The molecule has 4 N–H and O–H groups in total.